The van der Waals surface area contributed by atoms with E-state index in [2.05, 4.69) is 6.08 Å². The van der Waals surface area contributed by atoms with Crippen LogP contribution in [0.2, 0.25) is 0 Å². The molecule has 2 atom stereocenters. The minimum atomic E-state index is -0.656. The molecule has 2 heteroatoms. The van der Waals surface area contributed by atoms with Crippen LogP contribution in [0.1, 0.15) is 19.8 Å². The van der Waals surface area contributed by atoms with Crippen LogP contribution < -0.4 is 0 Å². The molecule has 0 radical (unpaired) electrons. The highest BCUT2D eigenvalue weighted by molar-refractivity contribution is 5.70. The highest BCUT2D eigenvalue weighted by Gasteiger charge is 2.23. The van der Waals surface area contributed by atoms with Gasteiger partial charge < -0.3 is 5.11 Å². The van der Waals surface area contributed by atoms with Crippen molar-refractivity contribution in [2.45, 2.75) is 19.8 Å². The fraction of sp³-hybridized carbons (Fsp3) is 0.625. The zero-order valence-electron chi connectivity index (χ0n) is 6.08. The van der Waals surface area contributed by atoms with Crippen LogP contribution in [0.25, 0.3) is 0 Å². The van der Waals surface area contributed by atoms with Crippen molar-refractivity contribution in [3.63, 3.8) is 0 Å². The maximum absolute atomic E-state index is 10.5. The van der Waals surface area contributed by atoms with Gasteiger partial charge in [-0.2, -0.15) is 0 Å². The number of carboxylic acid groups (broad SMARTS) is 1. The predicted octanol–water partition coefficient (Wildman–Crippen LogP) is 1.67. The third-order valence-electron chi connectivity index (χ3n) is 2.04. The molecule has 0 amide bonds. The zero-order valence-corrected chi connectivity index (χ0v) is 6.08. The molecule has 0 spiro atoms. The van der Waals surface area contributed by atoms with Gasteiger partial charge in [0.15, 0.2) is 0 Å². The highest BCUT2D eigenvalue weighted by atomic mass is 16.4. The third kappa shape index (κ3) is 1.38. The van der Waals surface area contributed by atoms with Crippen LogP contribution in [0, 0.1) is 11.8 Å². The van der Waals surface area contributed by atoms with E-state index in [-0.39, 0.29) is 11.8 Å². The summed E-state index contributed by atoms with van der Waals surface area (Å²) >= 11 is 0. The number of carboxylic acids is 1. The van der Waals surface area contributed by atoms with Gasteiger partial charge in [0, 0.05) is 0 Å². The minimum absolute atomic E-state index is 0.148. The lowest BCUT2D eigenvalue weighted by Gasteiger charge is -2.19. The third-order valence-corrected chi connectivity index (χ3v) is 2.04. The Labute approximate surface area is 60.6 Å². The van der Waals surface area contributed by atoms with Crippen molar-refractivity contribution in [3.05, 3.63) is 12.2 Å². The van der Waals surface area contributed by atoms with E-state index in [9.17, 15) is 4.79 Å². The van der Waals surface area contributed by atoms with Crippen molar-refractivity contribution in [1.82, 2.24) is 0 Å². The molecule has 0 saturated carbocycles. The van der Waals surface area contributed by atoms with E-state index in [1.54, 1.807) is 0 Å². The maximum atomic E-state index is 10.5. The van der Waals surface area contributed by atoms with Gasteiger partial charge in [0.05, 0.1) is 5.92 Å². The Morgan fingerprint density at radius 3 is 2.80 bits per heavy atom. The summed E-state index contributed by atoms with van der Waals surface area (Å²) in [6, 6.07) is 0. The molecule has 0 fully saturated rings. The van der Waals surface area contributed by atoms with Gasteiger partial charge in [-0.1, -0.05) is 19.1 Å². The summed E-state index contributed by atoms with van der Waals surface area (Å²) in [4.78, 5) is 10.5. The molecule has 1 aliphatic rings. The average molecular weight is 140 g/mol. The Kier molecular flexibility index (Phi) is 2.10. The lowest BCUT2D eigenvalue weighted by atomic mass is 9.85. The second-order valence-corrected chi connectivity index (χ2v) is 2.81. The molecular formula is C8H12O2. The molecule has 1 N–H and O–H groups in total. The second-order valence-electron chi connectivity index (χ2n) is 2.81. The smallest absolute Gasteiger partial charge is 0.307 e. The van der Waals surface area contributed by atoms with Crippen LogP contribution in [0.5, 0.6) is 0 Å². The molecule has 0 unspecified atom stereocenters. The molecule has 0 heterocycles. The van der Waals surface area contributed by atoms with Gasteiger partial charge in [-0.15, -0.1) is 0 Å². The number of allylic oxidation sites excluding steroid dienone is 2. The molecule has 0 aromatic carbocycles. The molecule has 0 aromatic heterocycles. The van der Waals surface area contributed by atoms with Crippen molar-refractivity contribution in [2.24, 2.45) is 11.8 Å². The largest absolute Gasteiger partial charge is 0.481 e. The Morgan fingerprint density at radius 1 is 1.70 bits per heavy atom. The second kappa shape index (κ2) is 2.86. The van der Waals surface area contributed by atoms with Crippen LogP contribution in [0.15, 0.2) is 12.2 Å². The Bertz CT molecular complexity index is 161. The van der Waals surface area contributed by atoms with Gasteiger partial charge in [-0.05, 0) is 18.8 Å². The zero-order chi connectivity index (χ0) is 7.56. The summed E-state index contributed by atoms with van der Waals surface area (Å²) in [5.41, 5.74) is 0. The molecule has 1 rings (SSSR count). The van der Waals surface area contributed by atoms with E-state index in [4.69, 9.17) is 5.11 Å². The number of rotatable bonds is 1. The number of hydrogen-bond donors (Lipinski definition) is 1. The van der Waals surface area contributed by atoms with Crippen molar-refractivity contribution < 1.29 is 9.90 Å². The summed E-state index contributed by atoms with van der Waals surface area (Å²) in [6.07, 6.45) is 5.76. The van der Waals surface area contributed by atoms with Gasteiger partial charge in [-0.3, -0.25) is 4.79 Å². The van der Waals surface area contributed by atoms with Crippen molar-refractivity contribution >= 4 is 5.97 Å². The Morgan fingerprint density at radius 2 is 2.40 bits per heavy atom. The SMILES string of the molecule is C[C@@H]1C=CCC[C@@H]1C(=O)O. The van der Waals surface area contributed by atoms with Crippen LogP contribution in [-0.4, -0.2) is 11.1 Å². The first kappa shape index (κ1) is 7.32. The first-order valence-corrected chi connectivity index (χ1v) is 3.61. The summed E-state index contributed by atoms with van der Waals surface area (Å²) < 4.78 is 0. The quantitative estimate of drug-likeness (QED) is 0.562. The summed E-state index contributed by atoms with van der Waals surface area (Å²) in [6.45, 7) is 1.95. The summed E-state index contributed by atoms with van der Waals surface area (Å²) in [5.74, 6) is -0.590. The fourth-order valence-corrected chi connectivity index (χ4v) is 1.33. The predicted molar refractivity (Wildman–Crippen MR) is 38.7 cm³/mol. The lowest BCUT2D eigenvalue weighted by Crippen LogP contribution is -2.21. The molecule has 10 heavy (non-hydrogen) atoms. The van der Waals surface area contributed by atoms with E-state index in [0.29, 0.717) is 0 Å². The van der Waals surface area contributed by atoms with Crippen LogP contribution >= 0.6 is 0 Å². The van der Waals surface area contributed by atoms with Crippen LogP contribution in [0.3, 0.4) is 0 Å². The van der Waals surface area contributed by atoms with Gasteiger partial charge in [0.2, 0.25) is 0 Å². The molecule has 2 nitrogen and oxygen atoms in total. The monoisotopic (exact) mass is 140 g/mol. The minimum Gasteiger partial charge on any atom is -0.481 e. The normalized spacial score (nSPS) is 32.1. The van der Waals surface area contributed by atoms with Crippen LogP contribution in [-0.2, 0) is 4.79 Å². The van der Waals surface area contributed by atoms with Gasteiger partial charge in [0.1, 0.15) is 0 Å². The molecule has 56 valence electrons. The standard InChI is InChI=1S/C8H12O2/c1-6-4-2-3-5-7(6)8(9)10/h2,4,6-7H,3,5H2,1H3,(H,9,10)/t6-,7+/m1/s1. The molecule has 0 bridgehead atoms. The van der Waals surface area contributed by atoms with E-state index >= 15 is 0 Å². The first-order valence-electron chi connectivity index (χ1n) is 3.61. The van der Waals surface area contributed by atoms with Crippen molar-refractivity contribution in [3.8, 4) is 0 Å². The van der Waals surface area contributed by atoms with E-state index in [0.717, 1.165) is 12.8 Å². The van der Waals surface area contributed by atoms with E-state index in [1.165, 1.54) is 0 Å². The number of hydrogen-bond acceptors (Lipinski definition) is 1. The molecule has 1 aliphatic carbocycles. The summed E-state index contributed by atoms with van der Waals surface area (Å²) in [5, 5.41) is 8.67. The molecule has 0 saturated heterocycles. The Hall–Kier alpha value is -0.790. The van der Waals surface area contributed by atoms with Gasteiger partial charge >= 0.3 is 5.97 Å². The van der Waals surface area contributed by atoms with E-state index < -0.39 is 5.97 Å². The molecule has 0 aromatic rings. The van der Waals surface area contributed by atoms with Crippen LogP contribution in [0.4, 0.5) is 0 Å². The first-order chi connectivity index (χ1) is 4.72. The van der Waals surface area contributed by atoms with Gasteiger partial charge in [-0.25, -0.2) is 0 Å². The van der Waals surface area contributed by atoms with E-state index in [1.807, 2.05) is 13.0 Å². The fourth-order valence-electron chi connectivity index (χ4n) is 1.33. The highest BCUT2D eigenvalue weighted by Crippen LogP contribution is 2.23. The topological polar surface area (TPSA) is 37.3 Å². The molecule has 0 aliphatic heterocycles. The number of carbonyl (C=O) groups is 1. The van der Waals surface area contributed by atoms with Crippen molar-refractivity contribution in [2.75, 3.05) is 0 Å². The maximum Gasteiger partial charge on any atom is 0.307 e. The average Bonchev–Trinajstić information content (AvgIpc) is 1.88. The Balaban J connectivity index is 2.60. The lowest BCUT2D eigenvalue weighted by molar-refractivity contribution is -0.143. The van der Waals surface area contributed by atoms with Crippen molar-refractivity contribution in [1.29, 1.82) is 0 Å². The molecular weight excluding hydrogens is 128 g/mol. The number of aliphatic carboxylic acids is 1. The van der Waals surface area contributed by atoms with Gasteiger partial charge in [0.25, 0.3) is 0 Å². The summed E-state index contributed by atoms with van der Waals surface area (Å²) in [7, 11) is 0.